The number of nitrogens with one attached hydrogen (secondary N) is 2. The average Bonchev–Trinajstić information content (AvgIpc) is 3.44. The van der Waals surface area contributed by atoms with Gasteiger partial charge >= 0.3 is 0 Å². The second-order valence-electron chi connectivity index (χ2n) is 9.30. The van der Waals surface area contributed by atoms with Gasteiger partial charge in [0.1, 0.15) is 30.5 Å². The number of benzene rings is 3. The molecular weight excluding hydrogens is 510 g/mol. The van der Waals surface area contributed by atoms with Gasteiger partial charge in [-0.1, -0.05) is 35.9 Å². The second kappa shape index (κ2) is 11.4. The number of hydrogen-bond acceptors (Lipinski definition) is 8. The summed E-state index contributed by atoms with van der Waals surface area (Å²) in [7, 11) is 4.70. The van der Waals surface area contributed by atoms with E-state index in [9.17, 15) is 4.79 Å². The lowest BCUT2D eigenvalue weighted by Gasteiger charge is -2.29. The normalized spacial score (nSPS) is 14.2. The van der Waals surface area contributed by atoms with Gasteiger partial charge in [0.2, 0.25) is 5.95 Å². The second-order valence-corrected chi connectivity index (χ2v) is 9.30. The Hall–Kier alpha value is -4.99. The van der Waals surface area contributed by atoms with E-state index >= 15 is 0 Å². The van der Waals surface area contributed by atoms with Crippen molar-refractivity contribution in [1.82, 2.24) is 14.8 Å². The number of hydrogen-bond donors (Lipinski definition) is 2. The summed E-state index contributed by atoms with van der Waals surface area (Å²) in [5.74, 6) is 2.41. The maximum Gasteiger partial charge on any atom is 0.255 e. The van der Waals surface area contributed by atoms with Crippen LogP contribution in [-0.2, 0) is 11.4 Å². The zero-order chi connectivity index (χ0) is 28.2. The predicted molar refractivity (Wildman–Crippen MR) is 151 cm³/mol. The number of allylic oxidation sites excluding steroid dienone is 1. The van der Waals surface area contributed by atoms with Crippen LogP contribution in [0.1, 0.15) is 29.7 Å². The minimum Gasteiger partial charge on any atom is -0.497 e. The molecule has 0 fully saturated rings. The van der Waals surface area contributed by atoms with Gasteiger partial charge in [0.05, 0.1) is 32.6 Å². The highest BCUT2D eigenvalue weighted by Crippen LogP contribution is 2.39. The van der Waals surface area contributed by atoms with E-state index in [4.69, 9.17) is 18.9 Å². The van der Waals surface area contributed by atoms with Crippen molar-refractivity contribution in [3.63, 3.8) is 0 Å². The summed E-state index contributed by atoms with van der Waals surface area (Å²) >= 11 is 0. The third kappa shape index (κ3) is 5.28. The lowest BCUT2D eigenvalue weighted by molar-refractivity contribution is -0.113. The smallest absolute Gasteiger partial charge is 0.255 e. The Balaban J connectivity index is 1.48. The minimum absolute atomic E-state index is 0.332. The fourth-order valence-electron chi connectivity index (χ4n) is 4.61. The van der Waals surface area contributed by atoms with Crippen molar-refractivity contribution in [2.75, 3.05) is 32.0 Å². The van der Waals surface area contributed by atoms with Gasteiger partial charge in [0.25, 0.3) is 5.91 Å². The van der Waals surface area contributed by atoms with Gasteiger partial charge in [-0.15, -0.1) is 0 Å². The molecule has 206 valence electrons. The first kappa shape index (κ1) is 26.6. The van der Waals surface area contributed by atoms with Crippen LogP contribution < -0.4 is 29.6 Å². The molecule has 5 rings (SSSR count). The van der Waals surface area contributed by atoms with Crippen molar-refractivity contribution in [1.29, 1.82) is 0 Å². The standard InChI is InChI=1S/C30H31N5O5/c1-18-6-8-20(9-7-18)16-40-25-12-10-21(14-26(25)39-5)28-27(19(2)33-30-31-17-32-35(28)30)29(36)34-23-15-22(37-3)11-13-24(23)38-4/h6-15,17,28H,16H2,1-5H3,(H,34,36)(H,31,32,33)/t28-/m1/s1. The lowest BCUT2D eigenvalue weighted by atomic mass is 9.94. The predicted octanol–water partition coefficient (Wildman–Crippen LogP) is 5.12. The van der Waals surface area contributed by atoms with Gasteiger partial charge in [-0.3, -0.25) is 4.79 Å². The van der Waals surface area contributed by atoms with Crippen molar-refractivity contribution in [2.45, 2.75) is 26.5 Å². The van der Waals surface area contributed by atoms with Crippen LogP contribution in [0.5, 0.6) is 23.0 Å². The molecule has 1 aromatic heterocycles. The highest BCUT2D eigenvalue weighted by Gasteiger charge is 2.34. The highest BCUT2D eigenvalue weighted by molar-refractivity contribution is 6.06. The molecule has 0 saturated carbocycles. The maximum atomic E-state index is 13.8. The summed E-state index contributed by atoms with van der Waals surface area (Å²) in [6.07, 6.45) is 1.45. The Morgan fingerprint density at radius 3 is 2.40 bits per heavy atom. The summed E-state index contributed by atoms with van der Waals surface area (Å²) in [6.45, 7) is 4.27. The first-order valence-electron chi connectivity index (χ1n) is 12.7. The van der Waals surface area contributed by atoms with Crippen LogP contribution in [0.4, 0.5) is 11.6 Å². The van der Waals surface area contributed by atoms with Crippen molar-refractivity contribution >= 4 is 17.5 Å². The van der Waals surface area contributed by atoms with Crippen LogP contribution in [0, 0.1) is 6.92 Å². The number of carbonyl (C=O) groups is 1. The van der Waals surface area contributed by atoms with E-state index in [0.717, 1.165) is 11.1 Å². The summed E-state index contributed by atoms with van der Waals surface area (Å²) in [4.78, 5) is 18.2. The molecule has 0 spiro atoms. The molecule has 3 aromatic carbocycles. The zero-order valence-corrected chi connectivity index (χ0v) is 23.0. The van der Waals surface area contributed by atoms with Crippen LogP contribution in [0.2, 0.25) is 0 Å². The lowest BCUT2D eigenvalue weighted by Crippen LogP contribution is -2.31. The van der Waals surface area contributed by atoms with E-state index in [1.54, 1.807) is 44.2 Å². The molecule has 2 heterocycles. The highest BCUT2D eigenvalue weighted by atomic mass is 16.5. The molecule has 2 N–H and O–H groups in total. The zero-order valence-electron chi connectivity index (χ0n) is 23.0. The molecule has 0 unspecified atom stereocenters. The molecule has 4 aromatic rings. The molecule has 10 heteroatoms. The largest absolute Gasteiger partial charge is 0.497 e. The van der Waals surface area contributed by atoms with Crippen molar-refractivity contribution in [2.24, 2.45) is 0 Å². The minimum atomic E-state index is -0.588. The Labute approximate surface area is 232 Å². The van der Waals surface area contributed by atoms with Crippen LogP contribution in [-0.4, -0.2) is 42.0 Å². The van der Waals surface area contributed by atoms with Crippen molar-refractivity contribution in [3.8, 4) is 23.0 Å². The van der Waals surface area contributed by atoms with Crippen LogP contribution in [0.3, 0.4) is 0 Å². The number of carbonyl (C=O) groups excluding carboxylic acids is 1. The summed E-state index contributed by atoms with van der Waals surface area (Å²) < 4.78 is 24.3. The molecule has 1 amide bonds. The molecule has 0 radical (unpaired) electrons. The number of ether oxygens (including phenoxy) is 4. The topological polar surface area (TPSA) is 109 Å². The molecule has 10 nitrogen and oxygen atoms in total. The molecular formula is C30H31N5O5. The number of amides is 1. The average molecular weight is 542 g/mol. The van der Waals surface area contributed by atoms with Crippen LogP contribution in [0.15, 0.2) is 78.3 Å². The van der Waals surface area contributed by atoms with Gasteiger partial charge in [-0.25, -0.2) is 4.68 Å². The monoisotopic (exact) mass is 541 g/mol. The SMILES string of the molecule is COc1ccc(OC)c(NC(=O)C2=C(C)Nc3ncnn3[C@@H]2c2ccc(OCc3ccc(C)cc3)c(OC)c2)c1. The molecule has 1 aliphatic heterocycles. The van der Waals surface area contributed by atoms with E-state index in [1.807, 2.05) is 56.3 Å². The number of rotatable bonds is 9. The van der Waals surface area contributed by atoms with E-state index < -0.39 is 6.04 Å². The third-order valence-electron chi connectivity index (χ3n) is 6.71. The van der Waals surface area contributed by atoms with Gasteiger partial charge in [-0.05, 0) is 49.2 Å². The van der Waals surface area contributed by atoms with E-state index in [-0.39, 0.29) is 5.91 Å². The van der Waals surface area contributed by atoms with Gasteiger partial charge in [-0.2, -0.15) is 10.1 Å². The van der Waals surface area contributed by atoms with Gasteiger partial charge in [0.15, 0.2) is 11.5 Å². The van der Waals surface area contributed by atoms with E-state index in [2.05, 4.69) is 20.7 Å². The quantitative estimate of drug-likeness (QED) is 0.301. The summed E-state index contributed by atoms with van der Waals surface area (Å²) in [5, 5.41) is 10.6. The fraction of sp³-hybridized carbons (Fsp3) is 0.233. The number of methoxy groups -OCH3 is 3. The van der Waals surface area contributed by atoms with E-state index in [1.165, 1.54) is 11.9 Å². The summed E-state index contributed by atoms with van der Waals surface area (Å²) in [6, 6.07) is 18.4. The maximum absolute atomic E-state index is 13.8. The first-order valence-corrected chi connectivity index (χ1v) is 12.7. The number of aromatic nitrogens is 3. The molecule has 1 aliphatic rings. The molecule has 0 aliphatic carbocycles. The van der Waals surface area contributed by atoms with Gasteiger partial charge in [0, 0.05) is 11.8 Å². The fourth-order valence-corrected chi connectivity index (χ4v) is 4.61. The Bertz CT molecular complexity index is 1560. The molecule has 40 heavy (non-hydrogen) atoms. The number of aryl methyl sites for hydroxylation is 1. The van der Waals surface area contributed by atoms with Crippen LogP contribution >= 0.6 is 0 Å². The molecule has 0 saturated heterocycles. The summed E-state index contributed by atoms with van der Waals surface area (Å²) in [5.41, 5.74) is 4.59. The Morgan fingerprint density at radius 1 is 0.925 bits per heavy atom. The van der Waals surface area contributed by atoms with Crippen molar-refractivity contribution < 1.29 is 23.7 Å². The number of anilines is 2. The Kier molecular flexibility index (Phi) is 7.59. The molecule has 1 atom stereocenters. The molecule has 0 bridgehead atoms. The van der Waals surface area contributed by atoms with Crippen LogP contribution in [0.25, 0.3) is 0 Å². The number of fused-ring (bicyclic) bond motifs is 1. The van der Waals surface area contributed by atoms with E-state index in [0.29, 0.717) is 52.5 Å². The van der Waals surface area contributed by atoms with Gasteiger partial charge < -0.3 is 29.6 Å². The number of nitrogens with zero attached hydrogens (tertiary/aromatic N) is 3. The van der Waals surface area contributed by atoms with Crippen molar-refractivity contribution in [3.05, 3.63) is 95.0 Å². The first-order chi connectivity index (χ1) is 19.4. The third-order valence-corrected chi connectivity index (χ3v) is 6.71. The Morgan fingerprint density at radius 2 is 1.68 bits per heavy atom.